The van der Waals surface area contributed by atoms with E-state index >= 15 is 0 Å². The number of halogens is 1. The number of aliphatic hydroxyl groups is 1. The second-order valence-corrected chi connectivity index (χ2v) is 4.68. The summed E-state index contributed by atoms with van der Waals surface area (Å²) in [6, 6.07) is 0. The lowest BCUT2D eigenvalue weighted by Gasteiger charge is -2.28. The van der Waals surface area contributed by atoms with Gasteiger partial charge in [-0.1, -0.05) is 6.08 Å². The molecular formula is C11H18FNO. The van der Waals surface area contributed by atoms with Crippen molar-refractivity contribution in [3.63, 3.8) is 0 Å². The first-order valence-electron chi connectivity index (χ1n) is 5.31. The lowest BCUT2D eigenvalue weighted by atomic mass is 9.89. The molecule has 3 atom stereocenters. The van der Waals surface area contributed by atoms with Gasteiger partial charge in [-0.15, -0.1) is 6.58 Å². The number of rotatable bonds is 3. The molecule has 2 aliphatic rings. The summed E-state index contributed by atoms with van der Waals surface area (Å²) in [5, 5.41) is 9.40. The van der Waals surface area contributed by atoms with Gasteiger partial charge in [-0.05, 0) is 18.8 Å². The molecule has 3 heteroatoms. The predicted octanol–water partition coefficient (Wildman–Crippen LogP) is 1.36. The molecule has 14 heavy (non-hydrogen) atoms. The Morgan fingerprint density at radius 2 is 2.29 bits per heavy atom. The molecule has 2 fully saturated rings. The Balaban J connectivity index is 2.06. The molecule has 0 bridgehead atoms. The first-order chi connectivity index (χ1) is 6.70. The van der Waals surface area contributed by atoms with Crippen LogP contribution < -0.4 is 0 Å². The molecule has 0 aromatic carbocycles. The van der Waals surface area contributed by atoms with Crippen LogP contribution in [-0.4, -0.2) is 41.4 Å². The van der Waals surface area contributed by atoms with E-state index in [-0.39, 0.29) is 12.1 Å². The van der Waals surface area contributed by atoms with Gasteiger partial charge in [0.15, 0.2) is 0 Å². The molecule has 1 unspecified atom stereocenters. The first kappa shape index (κ1) is 10.1. The summed E-state index contributed by atoms with van der Waals surface area (Å²) in [6.45, 7) is 5.26. The number of allylic oxidation sites excluding steroid dienone is 1. The first-order valence-corrected chi connectivity index (χ1v) is 5.31. The molecule has 0 radical (unpaired) electrons. The third-order valence-corrected chi connectivity index (χ3v) is 3.63. The lowest BCUT2D eigenvalue weighted by Crippen LogP contribution is -2.41. The van der Waals surface area contributed by atoms with E-state index in [0.717, 1.165) is 19.4 Å². The van der Waals surface area contributed by atoms with Crippen LogP contribution in [0.4, 0.5) is 4.39 Å². The van der Waals surface area contributed by atoms with Crippen molar-refractivity contribution in [1.82, 2.24) is 4.90 Å². The third kappa shape index (κ3) is 1.48. The zero-order valence-corrected chi connectivity index (χ0v) is 8.45. The zero-order valence-electron chi connectivity index (χ0n) is 8.45. The molecule has 2 heterocycles. The average Bonchev–Trinajstić information content (AvgIpc) is 2.58. The average molecular weight is 199 g/mol. The summed E-state index contributed by atoms with van der Waals surface area (Å²) in [4.78, 5) is 2.13. The highest BCUT2D eigenvalue weighted by atomic mass is 19.1. The minimum Gasteiger partial charge on any atom is -0.394 e. The molecular weight excluding hydrogens is 181 g/mol. The molecule has 0 aromatic rings. The Morgan fingerprint density at radius 3 is 2.86 bits per heavy atom. The van der Waals surface area contributed by atoms with Crippen LogP contribution in [0.3, 0.4) is 0 Å². The summed E-state index contributed by atoms with van der Waals surface area (Å²) in [6.07, 6.45) is 3.60. The van der Waals surface area contributed by atoms with E-state index in [9.17, 15) is 9.50 Å². The van der Waals surface area contributed by atoms with E-state index in [1.807, 2.05) is 6.08 Å². The van der Waals surface area contributed by atoms with Gasteiger partial charge in [-0.2, -0.15) is 0 Å². The van der Waals surface area contributed by atoms with Crippen LogP contribution in [0.2, 0.25) is 0 Å². The highest BCUT2D eigenvalue weighted by Gasteiger charge is 2.51. The van der Waals surface area contributed by atoms with E-state index in [1.54, 1.807) is 0 Å². The molecule has 0 aromatic heterocycles. The van der Waals surface area contributed by atoms with Gasteiger partial charge in [0.25, 0.3) is 0 Å². The minimum atomic E-state index is -0.744. The highest BCUT2D eigenvalue weighted by Crippen LogP contribution is 2.43. The van der Waals surface area contributed by atoms with Crippen LogP contribution >= 0.6 is 0 Å². The second-order valence-electron chi connectivity index (χ2n) is 4.68. The maximum Gasteiger partial charge on any atom is 0.115 e. The van der Waals surface area contributed by atoms with Crippen molar-refractivity contribution in [2.45, 2.75) is 31.0 Å². The number of aliphatic hydroxyl groups excluding tert-OH is 1. The van der Waals surface area contributed by atoms with Gasteiger partial charge < -0.3 is 5.11 Å². The fourth-order valence-corrected chi connectivity index (χ4v) is 3.06. The SMILES string of the molecule is C=CCC1CN2C[C@H](F)C[C@]2(CO)C1. The summed E-state index contributed by atoms with van der Waals surface area (Å²) >= 11 is 0. The molecule has 0 saturated carbocycles. The van der Waals surface area contributed by atoms with E-state index < -0.39 is 6.17 Å². The van der Waals surface area contributed by atoms with Crippen LogP contribution in [0.15, 0.2) is 12.7 Å². The summed E-state index contributed by atoms with van der Waals surface area (Å²) in [7, 11) is 0. The van der Waals surface area contributed by atoms with Gasteiger partial charge >= 0.3 is 0 Å². The molecule has 80 valence electrons. The van der Waals surface area contributed by atoms with Crippen LogP contribution in [0.5, 0.6) is 0 Å². The Morgan fingerprint density at radius 1 is 1.50 bits per heavy atom. The smallest absolute Gasteiger partial charge is 0.115 e. The van der Waals surface area contributed by atoms with Gasteiger partial charge in [-0.3, -0.25) is 4.90 Å². The highest BCUT2D eigenvalue weighted by molar-refractivity contribution is 5.06. The number of fused-ring (bicyclic) bond motifs is 1. The van der Waals surface area contributed by atoms with Gasteiger partial charge in [0.1, 0.15) is 6.17 Å². The minimum absolute atomic E-state index is 0.0983. The number of hydrogen-bond acceptors (Lipinski definition) is 2. The summed E-state index contributed by atoms with van der Waals surface area (Å²) < 4.78 is 13.2. The topological polar surface area (TPSA) is 23.5 Å². The monoisotopic (exact) mass is 199 g/mol. The third-order valence-electron chi connectivity index (χ3n) is 3.63. The Bertz CT molecular complexity index is 233. The van der Waals surface area contributed by atoms with Gasteiger partial charge in [-0.25, -0.2) is 4.39 Å². The molecule has 0 aliphatic carbocycles. The van der Waals surface area contributed by atoms with Crippen molar-refractivity contribution in [1.29, 1.82) is 0 Å². The Kier molecular flexibility index (Phi) is 2.62. The van der Waals surface area contributed by atoms with Crippen LogP contribution in [-0.2, 0) is 0 Å². The summed E-state index contributed by atoms with van der Waals surface area (Å²) in [5.41, 5.74) is -0.243. The maximum atomic E-state index is 13.2. The quantitative estimate of drug-likeness (QED) is 0.694. The molecule has 2 nitrogen and oxygen atoms in total. The Labute approximate surface area is 84.4 Å². The second kappa shape index (κ2) is 3.63. The molecule has 2 aliphatic heterocycles. The fraction of sp³-hybridized carbons (Fsp3) is 0.818. The fourth-order valence-electron chi connectivity index (χ4n) is 3.06. The van der Waals surface area contributed by atoms with E-state index in [0.29, 0.717) is 18.9 Å². The molecule has 2 saturated heterocycles. The van der Waals surface area contributed by atoms with Crippen molar-refractivity contribution < 1.29 is 9.50 Å². The number of hydrogen-bond donors (Lipinski definition) is 1. The van der Waals surface area contributed by atoms with Gasteiger partial charge in [0, 0.05) is 25.0 Å². The van der Waals surface area contributed by atoms with Crippen molar-refractivity contribution in [3.05, 3.63) is 12.7 Å². The van der Waals surface area contributed by atoms with Crippen molar-refractivity contribution in [2.75, 3.05) is 19.7 Å². The van der Waals surface area contributed by atoms with Crippen LogP contribution in [0, 0.1) is 5.92 Å². The van der Waals surface area contributed by atoms with E-state index in [4.69, 9.17) is 0 Å². The van der Waals surface area contributed by atoms with Crippen molar-refractivity contribution >= 4 is 0 Å². The largest absolute Gasteiger partial charge is 0.394 e. The molecule has 0 spiro atoms. The lowest BCUT2D eigenvalue weighted by molar-refractivity contribution is 0.0995. The molecule has 2 rings (SSSR count). The van der Waals surface area contributed by atoms with Gasteiger partial charge in [0.2, 0.25) is 0 Å². The van der Waals surface area contributed by atoms with Crippen molar-refractivity contribution in [2.24, 2.45) is 5.92 Å². The predicted molar refractivity (Wildman–Crippen MR) is 53.8 cm³/mol. The summed E-state index contributed by atoms with van der Waals surface area (Å²) in [5.74, 6) is 0.562. The van der Waals surface area contributed by atoms with E-state index in [1.165, 1.54) is 0 Å². The number of nitrogens with zero attached hydrogens (tertiary/aromatic N) is 1. The zero-order chi connectivity index (χ0) is 10.2. The van der Waals surface area contributed by atoms with E-state index in [2.05, 4.69) is 11.5 Å². The van der Waals surface area contributed by atoms with Gasteiger partial charge in [0.05, 0.1) is 6.61 Å². The van der Waals surface area contributed by atoms with Crippen LogP contribution in [0.25, 0.3) is 0 Å². The number of alkyl halides is 1. The Hall–Kier alpha value is -0.410. The molecule has 1 N–H and O–H groups in total. The maximum absolute atomic E-state index is 13.2. The standard InChI is InChI=1S/C11H18FNO/c1-2-3-9-4-11(8-14)5-10(12)7-13(11)6-9/h2,9-10,14H,1,3-8H2/t9?,10-,11+/m1/s1. The van der Waals surface area contributed by atoms with Crippen molar-refractivity contribution in [3.8, 4) is 0 Å². The molecule has 0 amide bonds. The van der Waals surface area contributed by atoms with Crippen LogP contribution in [0.1, 0.15) is 19.3 Å². The normalized spacial score (nSPS) is 42.7.